The molecule has 0 aliphatic carbocycles. The van der Waals surface area contributed by atoms with Gasteiger partial charge in [-0.25, -0.2) is 9.98 Å². The summed E-state index contributed by atoms with van der Waals surface area (Å²) in [4.78, 5) is 15.9. The number of guanidine groups is 1. The van der Waals surface area contributed by atoms with Crippen LogP contribution >= 0.6 is 46.7 Å². The average Bonchev–Trinajstić information content (AvgIpc) is 3.31. The Morgan fingerprint density at radius 1 is 1.26 bits per heavy atom. The number of aliphatic imine (C=N–C) groups is 1. The first-order valence-corrected chi connectivity index (χ1v) is 11.1. The summed E-state index contributed by atoms with van der Waals surface area (Å²) in [6.07, 6.45) is 0. The highest BCUT2D eigenvalue weighted by atomic mass is 127. The Labute approximate surface area is 187 Å². The average molecular weight is 520 g/mol. The fourth-order valence-electron chi connectivity index (χ4n) is 2.98. The molecule has 0 spiro atoms. The van der Waals surface area contributed by atoms with Gasteiger partial charge in [0.15, 0.2) is 5.96 Å². The number of halogens is 1. The molecule has 0 radical (unpaired) electrons. The van der Waals surface area contributed by atoms with Crippen molar-refractivity contribution in [3.8, 4) is 0 Å². The summed E-state index contributed by atoms with van der Waals surface area (Å²) in [5.41, 5.74) is 1.07. The van der Waals surface area contributed by atoms with Crippen molar-refractivity contribution in [1.29, 1.82) is 0 Å². The zero-order chi connectivity index (χ0) is 18.4. The molecular weight excluding hydrogens is 489 g/mol. The van der Waals surface area contributed by atoms with E-state index in [9.17, 15) is 0 Å². The van der Waals surface area contributed by atoms with Crippen LogP contribution in [0, 0.1) is 0 Å². The molecule has 27 heavy (non-hydrogen) atoms. The van der Waals surface area contributed by atoms with Crippen molar-refractivity contribution in [2.75, 3.05) is 32.7 Å². The number of nitrogens with zero attached hydrogens (tertiary/aromatic N) is 4. The van der Waals surface area contributed by atoms with Crippen molar-refractivity contribution in [3.63, 3.8) is 0 Å². The van der Waals surface area contributed by atoms with E-state index in [1.807, 2.05) is 11.3 Å². The molecule has 3 heterocycles. The molecule has 0 amide bonds. The minimum Gasteiger partial charge on any atom is -0.357 e. The van der Waals surface area contributed by atoms with Gasteiger partial charge < -0.3 is 10.2 Å². The summed E-state index contributed by atoms with van der Waals surface area (Å²) in [5, 5.41) is 8.94. The van der Waals surface area contributed by atoms with Crippen molar-refractivity contribution in [2.24, 2.45) is 4.99 Å². The van der Waals surface area contributed by atoms with Crippen LogP contribution in [0.25, 0.3) is 0 Å². The Balaban J connectivity index is 0.00000261. The van der Waals surface area contributed by atoms with Crippen LogP contribution in [-0.4, -0.2) is 53.5 Å². The highest BCUT2D eigenvalue weighted by Crippen LogP contribution is 2.19. The van der Waals surface area contributed by atoms with Crippen LogP contribution in [-0.2, 0) is 13.1 Å². The van der Waals surface area contributed by atoms with Crippen LogP contribution in [0.15, 0.2) is 27.9 Å². The van der Waals surface area contributed by atoms with Crippen molar-refractivity contribution in [2.45, 2.75) is 39.8 Å². The number of nitrogens with one attached hydrogen (secondary N) is 1. The van der Waals surface area contributed by atoms with Gasteiger partial charge in [0, 0.05) is 55.4 Å². The number of aromatic nitrogens is 1. The lowest BCUT2D eigenvalue weighted by atomic mass is 10.2. The van der Waals surface area contributed by atoms with E-state index in [1.54, 1.807) is 11.3 Å². The maximum atomic E-state index is 4.84. The Kier molecular flexibility index (Phi) is 9.47. The van der Waals surface area contributed by atoms with E-state index in [0.29, 0.717) is 12.5 Å². The Bertz CT molecular complexity index is 691. The molecule has 1 saturated heterocycles. The largest absolute Gasteiger partial charge is 0.357 e. The van der Waals surface area contributed by atoms with E-state index in [4.69, 9.17) is 9.98 Å². The second kappa shape index (κ2) is 11.3. The van der Waals surface area contributed by atoms with Crippen LogP contribution in [0.5, 0.6) is 0 Å². The summed E-state index contributed by atoms with van der Waals surface area (Å²) in [6, 6.07) is 4.36. The van der Waals surface area contributed by atoms with Crippen LogP contribution in [0.3, 0.4) is 0 Å². The third kappa shape index (κ3) is 6.69. The van der Waals surface area contributed by atoms with Crippen LogP contribution in [0.2, 0.25) is 0 Å². The van der Waals surface area contributed by atoms with E-state index in [-0.39, 0.29) is 24.0 Å². The van der Waals surface area contributed by atoms with Crippen molar-refractivity contribution < 1.29 is 0 Å². The van der Waals surface area contributed by atoms with E-state index >= 15 is 0 Å². The predicted molar refractivity (Wildman–Crippen MR) is 128 cm³/mol. The second-order valence-electron chi connectivity index (χ2n) is 6.84. The molecule has 1 fully saturated rings. The SMILES string of the molecule is CCNC(=NCc1csc(C(C)C)n1)N1CCN(Cc2cccs2)CC1.I. The first kappa shape index (κ1) is 22.6. The summed E-state index contributed by atoms with van der Waals surface area (Å²) in [5.74, 6) is 1.50. The van der Waals surface area contributed by atoms with Crippen LogP contribution in [0.4, 0.5) is 0 Å². The topological polar surface area (TPSA) is 43.8 Å². The molecule has 5 nitrogen and oxygen atoms in total. The van der Waals surface area contributed by atoms with Crippen molar-refractivity contribution in [3.05, 3.63) is 38.5 Å². The first-order chi connectivity index (χ1) is 12.7. The fourth-order valence-corrected chi connectivity index (χ4v) is 4.56. The minimum absolute atomic E-state index is 0. The lowest BCUT2D eigenvalue weighted by molar-refractivity contribution is 0.173. The molecule has 0 aromatic carbocycles. The number of hydrogen-bond acceptors (Lipinski definition) is 5. The third-order valence-electron chi connectivity index (χ3n) is 4.42. The van der Waals surface area contributed by atoms with Crippen LogP contribution in [0.1, 0.15) is 42.3 Å². The Morgan fingerprint density at radius 2 is 2.04 bits per heavy atom. The van der Waals surface area contributed by atoms with E-state index in [2.05, 4.69) is 58.8 Å². The van der Waals surface area contributed by atoms with Gasteiger partial charge in [0.1, 0.15) is 0 Å². The normalized spacial score (nSPS) is 15.9. The monoisotopic (exact) mass is 519 g/mol. The highest BCUT2D eigenvalue weighted by molar-refractivity contribution is 14.0. The zero-order valence-electron chi connectivity index (χ0n) is 16.4. The van der Waals surface area contributed by atoms with Gasteiger partial charge in [0.25, 0.3) is 0 Å². The lowest BCUT2D eigenvalue weighted by Crippen LogP contribution is -2.52. The van der Waals surface area contributed by atoms with Crippen molar-refractivity contribution in [1.82, 2.24) is 20.1 Å². The standard InChI is InChI=1S/C19H29N5S2.HI/c1-4-20-19(21-12-16-14-26-18(22-16)15(2)3)24-9-7-23(8-10-24)13-17-6-5-11-25-17;/h5-6,11,14-15H,4,7-10,12-13H2,1-3H3,(H,20,21);1H. The molecule has 1 aliphatic heterocycles. The number of rotatable bonds is 6. The molecular formula is C19H30IN5S2. The third-order valence-corrected chi connectivity index (χ3v) is 6.48. The summed E-state index contributed by atoms with van der Waals surface area (Å²) >= 11 is 3.58. The molecule has 1 N–H and O–H groups in total. The molecule has 2 aromatic rings. The number of thiophene rings is 1. The summed E-state index contributed by atoms with van der Waals surface area (Å²) in [6.45, 7) is 13.3. The van der Waals surface area contributed by atoms with Gasteiger partial charge in [0.2, 0.25) is 0 Å². The number of piperazine rings is 1. The smallest absolute Gasteiger partial charge is 0.194 e. The van der Waals surface area contributed by atoms with Gasteiger partial charge >= 0.3 is 0 Å². The predicted octanol–water partition coefficient (Wildman–Crippen LogP) is 4.23. The molecule has 2 aromatic heterocycles. The second-order valence-corrected chi connectivity index (χ2v) is 8.77. The Morgan fingerprint density at radius 3 is 2.63 bits per heavy atom. The maximum absolute atomic E-state index is 4.84. The molecule has 0 saturated carbocycles. The molecule has 150 valence electrons. The van der Waals surface area contributed by atoms with Gasteiger partial charge in [-0.15, -0.1) is 46.7 Å². The van der Waals surface area contributed by atoms with Gasteiger partial charge in [-0.05, 0) is 18.4 Å². The zero-order valence-corrected chi connectivity index (χ0v) is 20.3. The molecule has 0 atom stereocenters. The Hall–Kier alpha value is -0.710. The summed E-state index contributed by atoms with van der Waals surface area (Å²) < 4.78 is 0. The fraction of sp³-hybridized carbons (Fsp3) is 0.579. The molecule has 8 heteroatoms. The highest BCUT2D eigenvalue weighted by Gasteiger charge is 2.20. The van der Waals surface area contributed by atoms with Gasteiger partial charge in [-0.3, -0.25) is 4.90 Å². The molecule has 0 unspecified atom stereocenters. The van der Waals surface area contributed by atoms with E-state index in [0.717, 1.165) is 50.9 Å². The van der Waals surface area contributed by atoms with E-state index in [1.165, 1.54) is 9.88 Å². The van der Waals surface area contributed by atoms with Crippen molar-refractivity contribution >= 4 is 52.6 Å². The minimum atomic E-state index is 0. The number of hydrogen-bond donors (Lipinski definition) is 1. The first-order valence-electron chi connectivity index (χ1n) is 9.38. The van der Waals surface area contributed by atoms with Gasteiger partial charge in [0.05, 0.1) is 17.2 Å². The molecule has 3 rings (SSSR count). The van der Waals surface area contributed by atoms with Crippen LogP contribution < -0.4 is 5.32 Å². The number of thiazole rings is 1. The quantitative estimate of drug-likeness (QED) is 0.353. The van der Waals surface area contributed by atoms with Gasteiger partial charge in [-0.1, -0.05) is 19.9 Å². The van der Waals surface area contributed by atoms with E-state index < -0.39 is 0 Å². The lowest BCUT2D eigenvalue weighted by Gasteiger charge is -2.36. The van der Waals surface area contributed by atoms with Gasteiger partial charge in [-0.2, -0.15) is 0 Å². The molecule has 1 aliphatic rings. The molecule has 0 bridgehead atoms. The summed E-state index contributed by atoms with van der Waals surface area (Å²) in [7, 11) is 0. The maximum Gasteiger partial charge on any atom is 0.194 e.